The summed E-state index contributed by atoms with van der Waals surface area (Å²) in [6.45, 7) is 10.9. The van der Waals surface area contributed by atoms with E-state index in [2.05, 4.69) is 55.4 Å². The normalized spacial score (nSPS) is 17.7. The number of anilines is 1. The van der Waals surface area contributed by atoms with Crippen molar-refractivity contribution in [1.82, 2.24) is 15.2 Å². The summed E-state index contributed by atoms with van der Waals surface area (Å²) in [7, 11) is 4.34. The number of nitrogens with one attached hydrogen (secondary N) is 1. The molecule has 0 aliphatic carbocycles. The van der Waals surface area contributed by atoms with Crippen molar-refractivity contribution in [1.29, 1.82) is 0 Å². The van der Waals surface area contributed by atoms with Crippen molar-refractivity contribution in [2.24, 2.45) is 5.92 Å². The molecule has 0 bridgehead atoms. The van der Waals surface area contributed by atoms with Gasteiger partial charge >= 0.3 is 0 Å². The highest BCUT2D eigenvalue weighted by molar-refractivity contribution is 7.13. The Hall–Kier alpha value is -0.650. The maximum atomic E-state index is 4.79. The first-order valence-corrected chi connectivity index (χ1v) is 8.80. The average Bonchev–Trinajstić information content (AvgIpc) is 2.84. The smallest absolute Gasteiger partial charge is 0.185 e. The number of thiazole rings is 1. The second-order valence-corrected chi connectivity index (χ2v) is 8.25. The number of rotatable bonds is 5. The fourth-order valence-electron chi connectivity index (χ4n) is 2.70. The predicted molar refractivity (Wildman–Crippen MR) is 92.2 cm³/mol. The molecule has 1 aromatic heterocycles. The Labute approximate surface area is 133 Å². The van der Waals surface area contributed by atoms with Crippen LogP contribution in [-0.2, 0) is 6.54 Å². The van der Waals surface area contributed by atoms with Crippen LogP contribution < -0.4 is 10.2 Å². The van der Waals surface area contributed by atoms with E-state index < -0.39 is 0 Å². The van der Waals surface area contributed by atoms with Crippen molar-refractivity contribution >= 4 is 16.5 Å². The van der Waals surface area contributed by atoms with Crippen LogP contribution in [0.4, 0.5) is 5.13 Å². The molecule has 0 atom stereocenters. The molecule has 0 spiro atoms. The van der Waals surface area contributed by atoms with Gasteiger partial charge in [0.15, 0.2) is 5.13 Å². The standard InChI is InChI=1S/C16H30N4S/c1-16(2,3)17-10-14-12-21-15(18-14)20-8-6-13(7-9-20)11-19(4)5/h12-13,17H,6-11H2,1-5H3. The van der Waals surface area contributed by atoms with Crippen LogP contribution in [0.5, 0.6) is 0 Å². The molecule has 4 nitrogen and oxygen atoms in total. The lowest BCUT2D eigenvalue weighted by molar-refractivity contribution is 0.285. The molecule has 1 fully saturated rings. The Morgan fingerprint density at radius 3 is 2.57 bits per heavy atom. The van der Waals surface area contributed by atoms with Crippen molar-refractivity contribution < 1.29 is 0 Å². The molecule has 0 unspecified atom stereocenters. The Bertz CT molecular complexity index is 428. The number of hydrogen-bond donors (Lipinski definition) is 1. The molecule has 1 aliphatic heterocycles. The highest BCUT2D eigenvalue weighted by atomic mass is 32.1. The van der Waals surface area contributed by atoms with Crippen molar-refractivity contribution in [3.8, 4) is 0 Å². The van der Waals surface area contributed by atoms with E-state index in [-0.39, 0.29) is 5.54 Å². The van der Waals surface area contributed by atoms with E-state index in [9.17, 15) is 0 Å². The van der Waals surface area contributed by atoms with E-state index >= 15 is 0 Å². The number of nitrogens with zero attached hydrogens (tertiary/aromatic N) is 3. The fraction of sp³-hybridized carbons (Fsp3) is 0.812. The van der Waals surface area contributed by atoms with Gasteiger partial charge in [0.2, 0.25) is 0 Å². The third-order valence-corrected chi connectivity index (χ3v) is 4.80. The van der Waals surface area contributed by atoms with Crippen LogP contribution in [0.25, 0.3) is 0 Å². The molecule has 2 rings (SSSR count). The van der Waals surface area contributed by atoms with Gasteiger partial charge in [0.25, 0.3) is 0 Å². The van der Waals surface area contributed by atoms with E-state index in [0.29, 0.717) is 0 Å². The zero-order valence-corrected chi connectivity index (χ0v) is 15.0. The molecule has 5 heteroatoms. The van der Waals surface area contributed by atoms with Gasteiger partial charge in [-0.2, -0.15) is 0 Å². The molecule has 0 radical (unpaired) electrons. The molecule has 120 valence electrons. The maximum absolute atomic E-state index is 4.79. The minimum Gasteiger partial charge on any atom is -0.348 e. The average molecular weight is 311 g/mol. The maximum Gasteiger partial charge on any atom is 0.185 e. The summed E-state index contributed by atoms with van der Waals surface area (Å²) in [4.78, 5) is 9.56. The van der Waals surface area contributed by atoms with Gasteiger partial charge in [-0.15, -0.1) is 11.3 Å². The van der Waals surface area contributed by atoms with Crippen LogP contribution in [0, 0.1) is 5.92 Å². The first-order valence-electron chi connectivity index (χ1n) is 7.92. The Morgan fingerprint density at radius 2 is 2.00 bits per heavy atom. The summed E-state index contributed by atoms with van der Waals surface area (Å²) in [5.41, 5.74) is 1.31. The van der Waals surface area contributed by atoms with Crippen molar-refractivity contribution in [2.75, 3.05) is 38.6 Å². The van der Waals surface area contributed by atoms with Crippen molar-refractivity contribution in [3.05, 3.63) is 11.1 Å². The molecule has 1 aliphatic rings. The van der Waals surface area contributed by atoms with Crippen LogP contribution in [0.1, 0.15) is 39.3 Å². The molecule has 0 amide bonds. The molecule has 1 aromatic rings. The van der Waals surface area contributed by atoms with Gasteiger partial charge in [-0.3, -0.25) is 0 Å². The molecule has 21 heavy (non-hydrogen) atoms. The third kappa shape index (κ3) is 5.57. The SMILES string of the molecule is CN(C)CC1CCN(c2nc(CNC(C)(C)C)cs2)CC1. The summed E-state index contributed by atoms with van der Waals surface area (Å²) in [6, 6.07) is 0. The van der Waals surface area contributed by atoms with E-state index in [1.54, 1.807) is 11.3 Å². The lowest BCUT2D eigenvalue weighted by Gasteiger charge is -2.33. The first kappa shape index (κ1) is 16.7. The van der Waals surface area contributed by atoms with Gasteiger partial charge in [0.05, 0.1) is 5.69 Å². The molecule has 0 aromatic carbocycles. The molecular weight excluding hydrogens is 280 g/mol. The first-order chi connectivity index (χ1) is 9.83. The van der Waals surface area contributed by atoms with Crippen LogP contribution in [-0.4, -0.2) is 49.2 Å². The van der Waals surface area contributed by atoms with Gasteiger partial charge in [-0.25, -0.2) is 4.98 Å². The van der Waals surface area contributed by atoms with E-state index in [0.717, 1.165) is 25.6 Å². The van der Waals surface area contributed by atoms with Crippen LogP contribution in [0.2, 0.25) is 0 Å². The summed E-state index contributed by atoms with van der Waals surface area (Å²) in [5.74, 6) is 0.846. The second-order valence-electron chi connectivity index (χ2n) is 7.42. The van der Waals surface area contributed by atoms with Gasteiger partial charge in [-0.05, 0) is 53.6 Å². The van der Waals surface area contributed by atoms with E-state index in [4.69, 9.17) is 4.98 Å². The third-order valence-electron chi connectivity index (χ3n) is 3.85. The lowest BCUT2D eigenvalue weighted by atomic mass is 9.97. The van der Waals surface area contributed by atoms with Crippen LogP contribution in [0.3, 0.4) is 0 Å². The predicted octanol–water partition coefficient (Wildman–Crippen LogP) is 2.81. The van der Waals surface area contributed by atoms with Gasteiger partial charge in [-0.1, -0.05) is 0 Å². The summed E-state index contributed by atoms with van der Waals surface area (Å²) >= 11 is 1.79. The second kappa shape index (κ2) is 7.07. The molecule has 2 heterocycles. The fourth-order valence-corrected chi connectivity index (χ4v) is 3.58. The van der Waals surface area contributed by atoms with E-state index in [1.165, 1.54) is 30.2 Å². The molecule has 1 saturated heterocycles. The highest BCUT2D eigenvalue weighted by Gasteiger charge is 2.21. The summed E-state index contributed by atoms with van der Waals surface area (Å²) in [5, 5.41) is 6.90. The van der Waals surface area contributed by atoms with Crippen LogP contribution in [0.15, 0.2) is 5.38 Å². The number of piperidine rings is 1. The zero-order valence-electron chi connectivity index (χ0n) is 14.1. The highest BCUT2D eigenvalue weighted by Crippen LogP contribution is 2.26. The number of aromatic nitrogens is 1. The minimum absolute atomic E-state index is 0.147. The van der Waals surface area contributed by atoms with E-state index in [1.807, 2.05) is 0 Å². The summed E-state index contributed by atoms with van der Waals surface area (Å²) in [6.07, 6.45) is 2.57. The molecule has 1 N–H and O–H groups in total. The summed E-state index contributed by atoms with van der Waals surface area (Å²) < 4.78 is 0. The van der Waals surface area contributed by atoms with Gasteiger partial charge < -0.3 is 15.1 Å². The Balaban J connectivity index is 1.82. The molecular formula is C16H30N4S. The van der Waals surface area contributed by atoms with Gasteiger partial charge in [0.1, 0.15) is 0 Å². The number of hydrogen-bond acceptors (Lipinski definition) is 5. The Morgan fingerprint density at radius 1 is 1.33 bits per heavy atom. The molecule has 0 saturated carbocycles. The van der Waals surface area contributed by atoms with Crippen molar-refractivity contribution in [2.45, 2.75) is 45.7 Å². The minimum atomic E-state index is 0.147. The zero-order chi connectivity index (χ0) is 15.5. The lowest BCUT2D eigenvalue weighted by Crippen LogP contribution is -2.37. The Kier molecular flexibility index (Phi) is 5.63. The van der Waals surface area contributed by atoms with Crippen LogP contribution >= 0.6 is 11.3 Å². The largest absolute Gasteiger partial charge is 0.348 e. The van der Waals surface area contributed by atoms with Crippen molar-refractivity contribution in [3.63, 3.8) is 0 Å². The monoisotopic (exact) mass is 310 g/mol. The quantitative estimate of drug-likeness (QED) is 0.906. The topological polar surface area (TPSA) is 31.4 Å². The van der Waals surface area contributed by atoms with Gasteiger partial charge in [0, 0.05) is 37.1 Å².